The first-order chi connectivity index (χ1) is 12.1. The fourth-order valence-corrected chi connectivity index (χ4v) is 2.40. The van der Waals surface area contributed by atoms with Crippen molar-refractivity contribution in [3.8, 4) is 11.4 Å². The highest BCUT2D eigenvalue weighted by atomic mass is 16.5. The van der Waals surface area contributed by atoms with Crippen LogP contribution in [0.3, 0.4) is 0 Å². The highest BCUT2D eigenvalue weighted by Gasteiger charge is 2.18. The van der Waals surface area contributed by atoms with Crippen LogP contribution in [-0.4, -0.2) is 22.8 Å². The number of methoxy groups -OCH3 is 1. The summed E-state index contributed by atoms with van der Waals surface area (Å²) in [5.41, 5.74) is 1.82. The first kappa shape index (κ1) is 16.4. The first-order valence-electron chi connectivity index (χ1n) is 7.71. The molecule has 2 aromatic carbocycles. The summed E-state index contributed by atoms with van der Waals surface area (Å²) in [5, 5.41) is 7.01. The van der Waals surface area contributed by atoms with E-state index in [2.05, 4.69) is 10.4 Å². The number of para-hydroxylation sites is 2. The van der Waals surface area contributed by atoms with Gasteiger partial charge in [0.1, 0.15) is 0 Å². The van der Waals surface area contributed by atoms with Gasteiger partial charge in [-0.15, -0.1) is 0 Å². The number of carbonyl (C=O) groups is 1. The van der Waals surface area contributed by atoms with Gasteiger partial charge in [-0.25, -0.2) is 0 Å². The number of aromatic nitrogens is 2. The number of carbonyl (C=O) groups excluding carboxylic acids is 1. The highest BCUT2D eigenvalue weighted by Crippen LogP contribution is 2.18. The number of aryl methyl sites for hydroxylation is 1. The van der Waals surface area contributed by atoms with Gasteiger partial charge >= 0.3 is 0 Å². The van der Waals surface area contributed by atoms with Crippen molar-refractivity contribution < 1.29 is 9.53 Å². The zero-order chi connectivity index (χ0) is 17.8. The average molecular weight is 335 g/mol. The average Bonchev–Trinajstić information content (AvgIpc) is 2.64. The Kier molecular flexibility index (Phi) is 4.61. The van der Waals surface area contributed by atoms with Crippen LogP contribution in [0.15, 0.2) is 65.5 Å². The van der Waals surface area contributed by atoms with Gasteiger partial charge in [-0.05, 0) is 30.7 Å². The van der Waals surface area contributed by atoms with Crippen LogP contribution in [0.1, 0.15) is 16.1 Å². The van der Waals surface area contributed by atoms with E-state index in [0.717, 1.165) is 5.56 Å². The predicted molar refractivity (Wildman–Crippen MR) is 95.5 cm³/mol. The van der Waals surface area contributed by atoms with E-state index in [1.54, 1.807) is 30.3 Å². The Morgan fingerprint density at radius 3 is 2.44 bits per heavy atom. The maximum Gasteiger partial charge on any atom is 0.280 e. The molecule has 0 aliphatic rings. The van der Waals surface area contributed by atoms with Gasteiger partial charge in [-0.1, -0.05) is 36.4 Å². The van der Waals surface area contributed by atoms with E-state index >= 15 is 0 Å². The Labute approximate surface area is 144 Å². The molecule has 3 rings (SSSR count). The van der Waals surface area contributed by atoms with Crippen molar-refractivity contribution in [1.82, 2.24) is 9.78 Å². The number of anilines is 1. The Morgan fingerprint density at radius 1 is 1.08 bits per heavy atom. The van der Waals surface area contributed by atoms with Crippen LogP contribution in [0.2, 0.25) is 0 Å². The molecule has 6 heteroatoms. The number of rotatable bonds is 4. The molecule has 0 saturated carbocycles. The van der Waals surface area contributed by atoms with Crippen LogP contribution in [0.25, 0.3) is 5.69 Å². The summed E-state index contributed by atoms with van der Waals surface area (Å²) in [4.78, 5) is 24.9. The molecule has 0 aliphatic carbocycles. The van der Waals surface area contributed by atoms with E-state index in [0.29, 0.717) is 11.4 Å². The van der Waals surface area contributed by atoms with E-state index in [4.69, 9.17) is 4.74 Å². The number of hydrogen-bond donors (Lipinski definition) is 1. The quantitative estimate of drug-likeness (QED) is 0.796. The molecule has 0 spiro atoms. The van der Waals surface area contributed by atoms with Crippen molar-refractivity contribution in [1.29, 1.82) is 0 Å². The molecular weight excluding hydrogens is 318 g/mol. The minimum absolute atomic E-state index is 0.0363. The Morgan fingerprint density at radius 2 is 1.76 bits per heavy atom. The van der Waals surface area contributed by atoms with Gasteiger partial charge in [-0.2, -0.15) is 9.78 Å². The summed E-state index contributed by atoms with van der Waals surface area (Å²) in [6.45, 7) is 1.89. The zero-order valence-corrected chi connectivity index (χ0v) is 13.9. The van der Waals surface area contributed by atoms with Crippen molar-refractivity contribution in [3.05, 3.63) is 82.3 Å². The van der Waals surface area contributed by atoms with Gasteiger partial charge in [0.15, 0.2) is 11.4 Å². The molecule has 0 saturated heterocycles. The van der Waals surface area contributed by atoms with Crippen molar-refractivity contribution in [3.63, 3.8) is 0 Å². The molecule has 0 bridgehead atoms. The fraction of sp³-hybridized carbons (Fsp3) is 0.105. The molecule has 0 atom stereocenters. The molecule has 126 valence electrons. The third kappa shape index (κ3) is 3.42. The topological polar surface area (TPSA) is 73.2 Å². The standard InChI is InChI=1S/C19H17N3O3/c1-13-8-6-7-11-15(13)20-19(24)18-16(25-2)12-17(23)22(21-18)14-9-4-3-5-10-14/h3-12H,1-2H3,(H,20,24). The van der Waals surface area contributed by atoms with E-state index < -0.39 is 5.91 Å². The van der Waals surface area contributed by atoms with Gasteiger partial charge in [0.25, 0.3) is 11.5 Å². The lowest BCUT2D eigenvalue weighted by Gasteiger charge is -2.12. The lowest BCUT2D eigenvalue weighted by Crippen LogP contribution is -2.26. The summed E-state index contributed by atoms with van der Waals surface area (Å²) in [6, 6.07) is 17.6. The zero-order valence-electron chi connectivity index (χ0n) is 13.9. The second kappa shape index (κ2) is 7.00. The number of nitrogens with zero attached hydrogens (tertiary/aromatic N) is 2. The second-order valence-electron chi connectivity index (χ2n) is 5.42. The minimum atomic E-state index is -0.448. The second-order valence-corrected chi connectivity index (χ2v) is 5.42. The van der Waals surface area contributed by atoms with Crippen LogP contribution in [0.4, 0.5) is 5.69 Å². The predicted octanol–water partition coefficient (Wildman–Crippen LogP) is 2.80. The maximum atomic E-state index is 12.7. The molecule has 3 aromatic rings. The number of amides is 1. The maximum absolute atomic E-state index is 12.7. The summed E-state index contributed by atoms with van der Waals surface area (Å²) in [6.07, 6.45) is 0. The molecule has 0 unspecified atom stereocenters. The molecule has 25 heavy (non-hydrogen) atoms. The first-order valence-corrected chi connectivity index (χ1v) is 7.71. The summed E-state index contributed by atoms with van der Waals surface area (Å²) >= 11 is 0. The third-order valence-electron chi connectivity index (χ3n) is 3.73. The summed E-state index contributed by atoms with van der Waals surface area (Å²) in [5.74, 6) is -0.320. The van der Waals surface area contributed by atoms with Crippen LogP contribution < -0.4 is 15.6 Å². The van der Waals surface area contributed by atoms with Crippen molar-refractivity contribution in [2.45, 2.75) is 6.92 Å². The molecule has 0 aliphatic heterocycles. The van der Waals surface area contributed by atoms with E-state index in [-0.39, 0.29) is 17.0 Å². The Hall–Kier alpha value is -3.41. The van der Waals surface area contributed by atoms with Crippen LogP contribution >= 0.6 is 0 Å². The van der Waals surface area contributed by atoms with Crippen LogP contribution in [-0.2, 0) is 0 Å². The van der Waals surface area contributed by atoms with Crippen LogP contribution in [0.5, 0.6) is 5.75 Å². The van der Waals surface area contributed by atoms with Crippen molar-refractivity contribution >= 4 is 11.6 Å². The van der Waals surface area contributed by atoms with E-state index in [1.165, 1.54) is 17.9 Å². The number of ether oxygens (including phenoxy) is 1. The number of benzene rings is 2. The normalized spacial score (nSPS) is 10.3. The molecular formula is C19H17N3O3. The number of nitrogens with one attached hydrogen (secondary N) is 1. The summed E-state index contributed by atoms with van der Waals surface area (Å²) < 4.78 is 6.35. The van der Waals surface area contributed by atoms with Crippen molar-refractivity contribution in [2.75, 3.05) is 12.4 Å². The van der Waals surface area contributed by atoms with E-state index in [9.17, 15) is 9.59 Å². The fourth-order valence-electron chi connectivity index (χ4n) is 2.40. The highest BCUT2D eigenvalue weighted by molar-refractivity contribution is 6.05. The third-order valence-corrected chi connectivity index (χ3v) is 3.73. The minimum Gasteiger partial charge on any atom is -0.494 e. The molecule has 1 N–H and O–H groups in total. The Bertz CT molecular complexity index is 965. The van der Waals surface area contributed by atoms with Gasteiger partial charge in [0.2, 0.25) is 0 Å². The lowest BCUT2D eigenvalue weighted by atomic mass is 10.2. The van der Waals surface area contributed by atoms with Gasteiger partial charge in [-0.3, -0.25) is 9.59 Å². The van der Waals surface area contributed by atoms with Gasteiger partial charge in [0, 0.05) is 5.69 Å². The SMILES string of the molecule is COc1cc(=O)n(-c2ccccc2)nc1C(=O)Nc1ccccc1C. The number of hydrogen-bond acceptors (Lipinski definition) is 4. The molecule has 1 aromatic heterocycles. The monoisotopic (exact) mass is 335 g/mol. The summed E-state index contributed by atoms with van der Waals surface area (Å²) in [7, 11) is 1.40. The van der Waals surface area contributed by atoms with Crippen molar-refractivity contribution in [2.24, 2.45) is 0 Å². The van der Waals surface area contributed by atoms with Crippen LogP contribution in [0, 0.1) is 6.92 Å². The van der Waals surface area contributed by atoms with Gasteiger partial charge in [0.05, 0.1) is 18.9 Å². The molecule has 6 nitrogen and oxygen atoms in total. The smallest absolute Gasteiger partial charge is 0.280 e. The molecule has 0 fully saturated rings. The molecule has 0 radical (unpaired) electrons. The van der Waals surface area contributed by atoms with Gasteiger partial charge < -0.3 is 10.1 Å². The lowest BCUT2D eigenvalue weighted by molar-refractivity contribution is 0.101. The largest absolute Gasteiger partial charge is 0.494 e. The van der Waals surface area contributed by atoms with E-state index in [1.807, 2.05) is 31.2 Å². The molecule has 1 heterocycles. The molecule has 1 amide bonds. The Balaban J connectivity index is 2.04.